The summed E-state index contributed by atoms with van der Waals surface area (Å²) in [5, 5.41) is 15.2. The number of benzene rings is 10. The standard InChI is InChI=1S/C50H38B8O/c51-43-39-37(29-13-16-32-28(19-29)11-10-27-18-26(12-15-31(27)32)23-6-2-1-3-7-23)40-42(46(54)50(58)48(56)44(40)52)38(41(39)45(53)49(57)47(43)55)30-14-17-35-33(21-30)34-20-24-8-4-5-9-25(24)22-36(34)59-35/h1-22H,51-58H2. The van der Waals surface area contributed by atoms with Gasteiger partial charge in [-0.05, 0) is 124 Å². The van der Waals surface area contributed by atoms with E-state index in [-0.39, 0.29) is 0 Å². The molecule has 0 radical (unpaired) electrons. The van der Waals surface area contributed by atoms with Crippen LogP contribution in [0.25, 0.3) is 109 Å². The van der Waals surface area contributed by atoms with Gasteiger partial charge in [0.1, 0.15) is 73.9 Å². The van der Waals surface area contributed by atoms with Gasteiger partial charge in [0.15, 0.2) is 0 Å². The molecule has 1 heterocycles. The van der Waals surface area contributed by atoms with Gasteiger partial charge in [0.2, 0.25) is 0 Å². The molecule has 1 aromatic heterocycles. The Labute approximate surface area is 351 Å². The van der Waals surface area contributed by atoms with E-state index in [0.29, 0.717) is 0 Å². The third-order valence-corrected chi connectivity index (χ3v) is 14.2. The summed E-state index contributed by atoms with van der Waals surface area (Å²) in [5.41, 5.74) is 20.3. The van der Waals surface area contributed by atoms with Gasteiger partial charge < -0.3 is 4.42 Å². The summed E-state index contributed by atoms with van der Waals surface area (Å²) in [4.78, 5) is 0. The Morgan fingerprint density at radius 1 is 0.271 bits per heavy atom. The Bertz CT molecular complexity index is 3570. The third kappa shape index (κ3) is 5.23. The molecule has 0 aliphatic rings. The van der Waals surface area contributed by atoms with Gasteiger partial charge in [-0.1, -0.05) is 119 Å². The molecule has 0 amide bonds. The predicted molar refractivity (Wildman–Crippen MR) is 283 cm³/mol. The lowest BCUT2D eigenvalue weighted by Gasteiger charge is -2.28. The monoisotopic (exact) mass is 742 g/mol. The Kier molecular flexibility index (Phi) is 8.02. The number of furan rings is 1. The van der Waals surface area contributed by atoms with Crippen LogP contribution < -0.4 is 43.7 Å². The van der Waals surface area contributed by atoms with Crippen LogP contribution in [0.3, 0.4) is 0 Å². The van der Waals surface area contributed by atoms with Crippen molar-refractivity contribution in [1.82, 2.24) is 0 Å². The molecule has 0 aliphatic heterocycles. The molecule has 0 N–H and O–H groups in total. The number of fused-ring (bicyclic) bond motifs is 9. The summed E-state index contributed by atoms with van der Waals surface area (Å²) >= 11 is 0. The van der Waals surface area contributed by atoms with E-state index in [1.54, 1.807) is 0 Å². The van der Waals surface area contributed by atoms with Gasteiger partial charge in [0.05, 0.1) is 0 Å². The van der Waals surface area contributed by atoms with E-state index < -0.39 is 0 Å². The number of hydrogen-bond acceptors (Lipinski definition) is 1. The zero-order chi connectivity index (χ0) is 40.4. The van der Waals surface area contributed by atoms with Crippen LogP contribution in [0, 0.1) is 0 Å². The highest BCUT2D eigenvalue weighted by atomic mass is 16.3. The van der Waals surface area contributed by atoms with E-state index in [1.807, 2.05) is 0 Å². The lowest BCUT2D eigenvalue weighted by molar-refractivity contribution is 0.669. The van der Waals surface area contributed by atoms with E-state index in [2.05, 4.69) is 196 Å². The molecule has 9 heteroatoms. The van der Waals surface area contributed by atoms with Crippen molar-refractivity contribution >= 4 is 182 Å². The van der Waals surface area contributed by atoms with Gasteiger partial charge in [-0.25, -0.2) is 0 Å². The minimum Gasteiger partial charge on any atom is -0.456 e. The second kappa shape index (κ2) is 13.2. The van der Waals surface area contributed by atoms with Crippen molar-refractivity contribution in [1.29, 1.82) is 0 Å². The summed E-state index contributed by atoms with van der Waals surface area (Å²) in [7, 11) is 18.6. The molecule has 0 saturated heterocycles. The average molecular weight is 741 g/mol. The van der Waals surface area contributed by atoms with Crippen molar-refractivity contribution in [2.45, 2.75) is 0 Å². The van der Waals surface area contributed by atoms with Gasteiger partial charge >= 0.3 is 0 Å². The maximum atomic E-state index is 6.55. The third-order valence-electron chi connectivity index (χ3n) is 14.2. The van der Waals surface area contributed by atoms with Crippen molar-refractivity contribution in [3.63, 3.8) is 0 Å². The normalized spacial score (nSPS) is 11.9. The lowest BCUT2D eigenvalue weighted by atomic mass is 9.59. The summed E-state index contributed by atoms with van der Waals surface area (Å²) in [5.74, 6) is 0. The summed E-state index contributed by atoms with van der Waals surface area (Å²) in [6.07, 6.45) is 0. The van der Waals surface area contributed by atoms with Crippen molar-refractivity contribution in [2.75, 3.05) is 0 Å². The number of rotatable bonds is 3. The first-order valence-corrected chi connectivity index (χ1v) is 20.9. The van der Waals surface area contributed by atoms with Crippen LogP contribution in [0.5, 0.6) is 0 Å². The second-order valence-corrected chi connectivity index (χ2v) is 17.1. The fraction of sp³-hybridized carbons (Fsp3) is 0. The van der Waals surface area contributed by atoms with Gasteiger partial charge in [-0.3, -0.25) is 0 Å². The summed E-state index contributed by atoms with van der Waals surface area (Å²) in [6.45, 7) is 0. The molecule has 0 unspecified atom stereocenters. The quantitative estimate of drug-likeness (QED) is 0.146. The molecule has 268 valence electrons. The maximum Gasteiger partial charge on any atom is 0.139 e. The highest BCUT2D eigenvalue weighted by molar-refractivity contribution is 6.71. The molecule has 10 aromatic carbocycles. The largest absolute Gasteiger partial charge is 0.456 e. The van der Waals surface area contributed by atoms with Gasteiger partial charge in [0.25, 0.3) is 0 Å². The first-order valence-electron chi connectivity index (χ1n) is 20.9. The molecular formula is C50H38B8O. The van der Waals surface area contributed by atoms with Crippen LogP contribution in [0.1, 0.15) is 0 Å². The van der Waals surface area contributed by atoms with E-state index in [1.165, 1.54) is 131 Å². The Morgan fingerprint density at radius 2 is 0.712 bits per heavy atom. The summed E-state index contributed by atoms with van der Waals surface area (Å²) in [6, 6.07) is 49.4. The average Bonchev–Trinajstić information content (AvgIpc) is 3.63. The van der Waals surface area contributed by atoms with Crippen molar-refractivity contribution in [2.24, 2.45) is 0 Å². The highest BCUT2D eigenvalue weighted by Crippen LogP contribution is 2.43. The summed E-state index contributed by atoms with van der Waals surface area (Å²) < 4.78 is 6.55. The van der Waals surface area contributed by atoms with Crippen molar-refractivity contribution in [3.8, 4) is 33.4 Å². The lowest BCUT2D eigenvalue weighted by Crippen LogP contribution is -2.50. The van der Waals surface area contributed by atoms with Crippen LogP contribution in [-0.4, -0.2) is 62.8 Å². The van der Waals surface area contributed by atoms with E-state index in [4.69, 9.17) is 4.42 Å². The molecule has 0 aliphatic carbocycles. The molecule has 0 saturated carbocycles. The minimum absolute atomic E-state index is 0.920. The van der Waals surface area contributed by atoms with Crippen LogP contribution >= 0.6 is 0 Å². The fourth-order valence-electron chi connectivity index (χ4n) is 10.4. The molecule has 59 heavy (non-hydrogen) atoms. The molecule has 0 bridgehead atoms. The maximum absolute atomic E-state index is 6.55. The van der Waals surface area contributed by atoms with Crippen molar-refractivity contribution < 1.29 is 4.42 Å². The second-order valence-electron chi connectivity index (χ2n) is 17.1. The number of hydrogen-bond donors (Lipinski definition) is 0. The van der Waals surface area contributed by atoms with Crippen LogP contribution in [0.15, 0.2) is 138 Å². The Hall–Kier alpha value is -6.18. The van der Waals surface area contributed by atoms with Crippen LogP contribution in [0.4, 0.5) is 0 Å². The van der Waals surface area contributed by atoms with Crippen LogP contribution in [-0.2, 0) is 0 Å². The predicted octanol–water partition coefficient (Wildman–Crippen LogP) is 0.420. The van der Waals surface area contributed by atoms with E-state index in [0.717, 1.165) is 21.9 Å². The fourth-order valence-corrected chi connectivity index (χ4v) is 10.4. The van der Waals surface area contributed by atoms with Crippen molar-refractivity contribution in [3.05, 3.63) is 133 Å². The zero-order valence-corrected chi connectivity index (χ0v) is 35.1. The van der Waals surface area contributed by atoms with E-state index >= 15 is 0 Å². The first kappa shape index (κ1) is 35.9. The van der Waals surface area contributed by atoms with Gasteiger partial charge in [-0.2, -0.15) is 0 Å². The van der Waals surface area contributed by atoms with E-state index in [9.17, 15) is 0 Å². The molecule has 1 nitrogen and oxygen atoms in total. The van der Waals surface area contributed by atoms with Crippen LogP contribution in [0.2, 0.25) is 0 Å². The zero-order valence-electron chi connectivity index (χ0n) is 35.1. The molecular weight excluding hydrogens is 703 g/mol. The van der Waals surface area contributed by atoms with Gasteiger partial charge in [-0.15, -0.1) is 21.9 Å². The highest BCUT2D eigenvalue weighted by Gasteiger charge is 2.26. The Morgan fingerprint density at radius 3 is 1.27 bits per heavy atom. The SMILES string of the molecule is Bc1c(B)c(B)c2c(-c3ccc4oc5cc6ccccc6cc5c4c3)c3c(B)c(B)c(B)c(B)c3c(-c3ccc4c(ccc5cc(-c6ccccc6)ccc54)c3)c2c1B. The Balaban J connectivity index is 1.24. The minimum atomic E-state index is 0.920. The smallest absolute Gasteiger partial charge is 0.139 e. The molecule has 0 spiro atoms. The topological polar surface area (TPSA) is 13.1 Å². The molecule has 11 rings (SSSR count). The molecule has 11 aromatic rings. The van der Waals surface area contributed by atoms with Gasteiger partial charge in [0, 0.05) is 10.8 Å². The molecule has 0 fully saturated rings. The first-order chi connectivity index (χ1) is 28.6. The molecule has 0 atom stereocenters.